The Kier molecular flexibility index (Phi) is 3.71. The van der Waals surface area contributed by atoms with E-state index in [1.807, 2.05) is 18.2 Å². The standard InChI is InChI=1S/C14H15ClN4O/c15-12-8-13(18-14(16)17-12)19-6-7-20-11(9-19)10-4-2-1-3-5-10/h1-5,8,11H,6-7,9H2,(H2,16,17,18). The molecule has 2 aromatic rings. The number of nitrogens with zero attached hydrogens (tertiary/aromatic N) is 3. The van der Waals surface area contributed by atoms with Crippen molar-refractivity contribution in [3.8, 4) is 0 Å². The van der Waals surface area contributed by atoms with Crippen LogP contribution in [0.3, 0.4) is 0 Å². The van der Waals surface area contributed by atoms with Gasteiger partial charge in [-0.15, -0.1) is 0 Å². The number of hydrogen-bond donors (Lipinski definition) is 1. The monoisotopic (exact) mass is 290 g/mol. The Balaban J connectivity index is 1.81. The van der Waals surface area contributed by atoms with E-state index in [2.05, 4.69) is 27.0 Å². The second-order valence-electron chi connectivity index (χ2n) is 4.62. The molecule has 3 rings (SSSR count). The molecule has 0 saturated carbocycles. The molecule has 0 amide bonds. The van der Waals surface area contributed by atoms with Gasteiger partial charge in [-0.3, -0.25) is 0 Å². The minimum atomic E-state index is 0.0277. The van der Waals surface area contributed by atoms with E-state index in [4.69, 9.17) is 22.1 Å². The summed E-state index contributed by atoms with van der Waals surface area (Å²) in [6.45, 7) is 2.12. The van der Waals surface area contributed by atoms with Crippen LogP contribution in [0, 0.1) is 0 Å². The Morgan fingerprint density at radius 3 is 2.80 bits per heavy atom. The van der Waals surface area contributed by atoms with Gasteiger partial charge in [0.25, 0.3) is 0 Å². The summed E-state index contributed by atoms with van der Waals surface area (Å²) in [5.74, 6) is 0.932. The van der Waals surface area contributed by atoms with Crippen molar-refractivity contribution in [1.29, 1.82) is 0 Å². The number of ether oxygens (including phenoxy) is 1. The van der Waals surface area contributed by atoms with E-state index in [9.17, 15) is 0 Å². The Morgan fingerprint density at radius 1 is 1.25 bits per heavy atom. The molecular weight excluding hydrogens is 276 g/mol. The third kappa shape index (κ3) is 2.84. The maximum absolute atomic E-state index is 5.93. The molecule has 0 spiro atoms. The second-order valence-corrected chi connectivity index (χ2v) is 5.01. The van der Waals surface area contributed by atoms with Gasteiger partial charge in [0.1, 0.15) is 17.1 Å². The average Bonchev–Trinajstić information content (AvgIpc) is 2.47. The minimum absolute atomic E-state index is 0.0277. The van der Waals surface area contributed by atoms with Crippen LogP contribution < -0.4 is 10.6 Å². The summed E-state index contributed by atoms with van der Waals surface area (Å²) in [5, 5.41) is 0.357. The summed E-state index contributed by atoms with van der Waals surface area (Å²) in [6, 6.07) is 11.9. The normalized spacial score (nSPS) is 19.1. The SMILES string of the molecule is Nc1nc(Cl)cc(N2CCOC(c3ccccc3)C2)n1. The summed E-state index contributed by atoms with van der Waals surface area (Å²) in [5.41, 5.74) is 6.80. The van der Waals surface area contributed by atoms with Gasteiger partial charge in [0.05, 0.1) is 6.61 Å². The highest BCUT2D eigenvalue weighted by atomic mass is 35.5. The van der Waals surface area contributed by atoms with Crippen molar-refractivity contribution < 1.29 is 4.74 Å². The fraction of sp³-hybridized carbons (Fsp3) is 0.286. The largest absolute Gasteiger partial charge is 0.370 e. The van der Waals surface area contributed by atoms with Gasteiger partial charge < -0.3 is 15.4 Å². The highest BCUT2D eigenvalue weighted by Gasteiger charge is 2.23. The lowest BCUT2D eigenvalue weighted by atomic mass is 10.1. The Labute approximate surface area is 122 Å². The number of nitrogen functional groups attached to an aromatic ring is 1. The predicted molar refractivity (Wildman–Crippen MR) is 78.8 cm³/mol. The maximum Gasteiger partial charge on any atom is 0.223 e. The number of benzene rings is 1. The topological polar surface area (TPSA) is 64.3 Å². The average molecular weight is 291 g/mol. The quantitative estimate of drug-likeness (QED) is 0.860. The smallest absolute Gasteiger partial charge is 0.223 e. The third-order valence-electron chi connectivity index (χ3n) is 3.26. The molecule has 0 radical (unpaired) electrons. The van der Waals surface area contributed by atoms with Crippen LogP contribution in [-0.2, 0) is 4.74 Å². The molecule has 1 fully saturated rings. The first kappa shape index (κ1) is 13.1. The molecule has 2 heterocycles. The molecule has 0 aliphatic carbocycles. The fourth-order valence-electron chi connectivity index (χ4n) is 2.31. The molecule has 1 saturated heterocycles. The third-order valence-corrected chi connectivity index (χ3v) is 3.45. The number of nitrogens with two attached hydrogens (primary N) is 1. The van der Waals surface area contributed by atoms with Crippen LogP contribution in [0.5, 0.6) is 0 Å². The van der Waals surface area contributed by atoms with Crippen molar-refractivity contribution in [3.63, 3.8) is 0 Å². The Bertz CT molecular complexity index is 573. The summed E-state index contributed by atoms with van der Waals surface area (Å²) in [4.78, 5) is 10.2. The zero-order chi connectivity index (χ0) is 13.9. The van der Waals surface area contributed by atoms with Gasteiger partial charge in [-0.1, -0.05) is 41.9 Å². The van der Waals surface area contributed by atoms with Crippen molar-refractivity contribution in [2.45, 2.75) is 6.10 Å². The maximum atomic E-state index is 5.93. The highest BCUT2D eigenvalue weighted by molar-refractivity contribution is 6.29. The molecular formula is C14H15ClN4O. The van der Waals surface area contributed by atoms with Crippen molar-refractivity contribution in [3.05, 3.63) is 47.1 Å². The lowest BCUT2D eigenvalue weighted by Gasteiger charge is -2.34. The Hall–Kier alpha value is -1.85. The van der Waals surface area contributed by atoms with Crippen molar-refractivity contribution >= 4 is 23.4 Å². The van der Waals surface area contributed by atoms with E-state index in [1.165, 1.54) is 0 Å². The number of anilines is 2. The van der Waals surface area contributed by atoms with Gasteiger partial charge in [0.2, 0.25) is 5.95 Å². The molecule has 1 atom stereocenters. The zero-order valence-electron chi connectivity index (χ0n) is 10.9. The van der Waals surface area contributed by atoms with Crippen LogP contribution in [-0.4, -0.2) is 29.7 Å². The molecule has 1 aliphatic heterocycles. The molecule has 1 unspecified atom stereocenters. The summed E-state index contributed by atoms with van der Waals surface area (Å²) in [6.07, 6.45) is 0.0277. The van der Waals surface area contributed by atoms with Crippen molar-refractivity contribution in [2.24, 2.45) is 0 Å². The molecule has 104 valence electrons. The van der Waals surface area contributed by atoms with E-state index in [0.29, 0.717) is 11.8 Å². The lowest BCUT2D eigenvalue weighted by Crippen LogP contribution is -2.39. The molecule has 6 heteroatoms. The van der Waals surface area contributed by atoms with Crippen LogP contribution in [0.25, 0.3) is 0 Å². The first-order chi connectivity index (χ1) is 9.72. The van der Waals surface area contributed by atoms with Gasteiger partial charge in [-0.05, 0) is 5.56 Å². The number of rotatable bonds is 2. The number of aromatic nitrogens is 2. The van der Waals surface area contributed by atoms with Gasteiger partial charge in [0.15, 0.2) is 0 Å². The minimum Gasteiger partial charge on any atom is -0.370 e. The first-order valence-corrected chi connectivity index (χ1v) is 6.82. The van der Waals surface area contributed by atoms with E-state index >= 15 is 0 Å². The van der Waals surface area contributed by atoms with E-state index in [-0.39, 0.29) is 12.1 Å². The molecule has 5 nitrogen and oxygen atoms in total. The number of halogens is 1. The summed E-state index contributed by atoms with van der Waals surface area (Å²) < 4.78 is 5.83. The van der Waals surface area contributed by atoms with Crippen LogP contribution in [0.15, 0.2) is 36.4 Å². The van der Waals surface area contributed by atoms with Crippen LogP contribution >= 0.6 is 11.6 Å². The van der Waals surface area contributed by atoms with Gasteiger partial charge in [-0.25, -0.2) is 4.98 Å². The first-order valence-electron chi connectivity index (χ1n) is 6.44. The van der Waals surface area contributed by atoms with Gasteiger partial charge in [0, 0.05) is 19.2 Å². The zero-order valence-corrected chi connectivity index (χ0v) is 11.6. The van der Waals surface area contributed by atoms with Crippen LogP contribution in [0.4, 0.5) is 11.8 Å². The summed E-state index contributed by atoms with van der Waals surface area (Å²) >= 11 is 5.93. The lowest BCUT2D eigenvalue weighted by molar-refractivity contribution is 0.0395. The van der Waals surface area contributed by atoms with Gasteiger partial charge in [-0.2, -0.15) is 4.98 Å². The van der Waals surface area contributed by atoms with Crippen LogP contribution in [0.1, 0.15) is 11.7 Å². The van der Waals surface area contributed by atoms with Crippen molar-refractivity contribution in [1.82, 2.24) is 9.97 Å². The number of hydrogen-bond acceptors (Lipinski definition) is 5. The second kappa shape index (κ2) is 5.64. The van der Waals surface area contributed by atoms with E-state index in [1.54, 1.807) is 6.07 Å². The van der Waals surface area contributed by atoms with E-state index in [0.717, 1.165) is 24.5 Å². The van der Waals surface area contributed by atoms with Crippen molar-refractivity contribution in [2.75, 3.05) is 30.3 Å². The predicted octanol–water partition coefficient (Wildman–Crippen LogP) is 2.29. The number of morpholine rings is 1. The fourth-order valence-corrected chi connectivity index (χ4v) is 2.50. The van der Waals surface area contributed by atoms with Gasteiger partial charge >= 0.3 is 0 Å². The summed E-state index contributed by atoms with van der Waals surface area (Å²) in [7, 11) is 0. The Morgan fingerprint density at radius 2 is 2.05 bits per heavy atom. The molecule has 1 aromatic carbocycles. The van der Waals surface area contributed by atoms with E-state index < -0.39 is 0 Å². The highest BCUT2D eigenvalue weighted by Crippen LogP contribution is 2.26. The molecule has 0 bridgehead atoms. The van der Waals surface area contributed by atoms with Crippen LogP contribution in [0.2, 0.25) is 5.15 Å². The molecule has 1 aromatic heterocycles. The molecule has 1 aliphatic rings. The molecule has 20 heavy (non-hydrogen) atoms. The molecule has 2 N–H and O–H groups in total.